The van der Waals surface area contributed by atoms with E-state index in [1.165, 1.54) is 0 Å². The minimum atomic E-state index is -0.648. The lowest BCUT2D eigenvalue weighted by Gasteiger charge is -1.91. The van der Waals surface area contributed by atoms with Crippen LogP contribution in [-0.4, -0.2) is 0 Å². The first-order valence-electron chi connectivity index (χ1n) is 4.54. The molecule has 0 heterocycles. The second-order valence-corrected chi connectivity index (χ2v) is 2.91. The zero-order chi connectivity index (χ0) is 7.20. The van der Waals surface area contributed by atoms with Crippen LogP contribution in [0.1, 0.15) is 23.4 Å². The normalized spacial score (nSPS) is 110. The van der Waals surface area contributed by atoms with Crippen molar-refractivity contribution < 1.29 is 4.11 Å². The summed E-state index contributed by atoms with van der Waals surface area (Å²) in [5.41, 5.74) is 0. The molecule has 0 atom stereocenters. The molecule has 4 saturated carbocycles. The summed E-state index contributed by atoms with van der Waals surface area (Å²) in [6.45, 7) is 0. The Labute approximate surface area is 48.1 Å². The summed E-state index contributed by atoms with van der Waals surface area (Å²) in [4.78, 5) is 0. The second kappa shape index (κ2) is 0.667. The third kappa shape index (κ3) is 0.198. The maximum atomic E-state index is 7.83. The first kappa shape index (κ1) is 1.75. The molecule has 4 bridgehead atoms. The maximum Gasteiger partial charge on any atom is 0.0309 e. The highest BCUT2D eigenvalue weighted by molar-refractivity contribution is 5.11. The summed E-state index contributed by atoms with van der Waals surface area (Å²) in [5, 5.41) is 0. The fraction of sp³-hybridized carbons (Fsp3) is 1.00. The van der Waals surface area contributed by atoms with Crippen molar-refractivity contribution in [2.45, 2.75) is 19.3 Å². The lowest BCUT2D eigenvalue weighted by molar-refractivity contribution is 0.604. The summed E-state index contributed by atoms with van der Waals surface area (Å²) < 4.78 is 23.5. The third-order valence-corrected chi connectivity index (χ3v) is 2.51. The van der Waals surface area contributed by atoms with Crippen LogP contribution in [0.25, 0.3) is 0 Å². The molecule has 0 aromatic heterocycles. The summed E-state index contributed by atoms with van der Waals surface area (Å²) in [6.07, 6.45) is 2.50. The third-order valence-electron chi connectivity index (χ3n) is 2.51. The van der Waals surface area contributed by atoms with Crippen molar-refractivity contribution in [1.82, 2.24) is 0 Å². The smallest absolute Gasteiger partial charge is 0.0309 e. The van der Waals surface area contributed by atoms with Crippen LogP contribution in [0.15, 0.2) is 0 Å². The van der Waals surface area contributed by atoms with E-state index >= 15 is 0 Å². The van der Waals surface area contributed by atoms with Crippen LogP contribution in [0.2, 0.25) is 0 Å². The van der Waals surface area contributed by atoms with Gasteiger partial charge in [-0.05, 0) is 42.9 Å². The molecule has 4 fully saturated rings. The molecule has 0 heteroatoms. The van der Waals surface area contributed by atoms with Crippen molar-refractivity contribution >= 4 is 0 Å². The van der Waals surface area contributed by atoms with Crippen LogP contribution in [0.4, 0.5) is 0 Å². The van der Waals surface area contributed by atoms with E-state index in [1.54, 1.807) is 0 Å². The molecule has 0 saturated heterocycles. The summed E-state index contributed by atoms with van der Waals surface area (Å²) in [6, 6.07) is 0. The van der Waals surface area contributed by atoms with Crippen molar-refractivity contribution in [3.8, 4) is 0 Å². The van der Waals surface area contributed by atoms with Gasteiger partial charge in [-0.1, -0.05) is 0 Å². The van der Waals surface area contributed by atoms with Crippen LogP contribution < -0.4 is 0 Å². The van der Waals surface area contributed by atoms with Crippen LogP contribution in [-0.2, 0) is 0 Å². The van der Waals surface area contributed by atoms with Gasteiger partial charge in [0.2, 0.25) is 0 Å². The highest BCUT2D eigenvalue weighted by atomic mass is 14.7. The van der Waals surface area contributed by atoms with Crippen LogP contribution in [0, 0.1) is 23.6 Å². The van der Waals surface area contributed by atoms with E-state index in [0.29, 0.717) is 5.92 Å². The molecule has 0 radical (unpaired) electrons. The monoisotopic (exact) mass is 97.1 g/mol. The topological polar surface area (TPSA) is 0 Å². The zero-order valence-corrected chi connectivity index (χ0v) is 4.20. The van der Waals surface area contributed by atoms with Gasteiger partial charge < -0.3 is 0 Å². The molecule has 0 nitrogen and oxygen atoms in total. The van der Waals surface area contributed by atoms with Gasteiger partial charge in [0.25, 0.3) is 0 Å². The van der Waals surface area contributed by atoms with E-state index in [0.717, 1.165) is 19.3 Å². The van der Waals surface area contributed by atoms with Gasteiger partial charge in [-0.3, -0.25) is 0 Å². The fourth-order valence-electron chi connectivity index (χ4n) is 2.14. The lowest BCUT2D eigenvalue weighted by atomic mass is 10.1. The van der Waals surface area contributed by atoms with E-state index in [1.807, 2.05) is 0 Å². The van der Waals surface area contributed by atoms with Gasteiger partial charge >= 0.3 is 0 Å². The van der Waals surface area contributed by atoms with Gasteiger partial charge in [0.1, 0.15) is 0 Å². The quantitative estimate of drug-likeness (QED) is 0.431. The Balaban J connectivity index is 2.22. The molecule has 0 N–H and O–H groups in total. The van der Waals surface area contributed by atoms with E-state index < -0.39 is 17.7 Å². The van der Waals surface area contributed by atoms with Crippen molar-refractivity contribution in [2.75, 3.05) is 0 Å². The second-order valence-electron chi connectivity index (χ2n) is 2.91. The Morgan fingerprint density at radius 3 is 1.57 bits per heavy atom. The Kier molecular flexibility index (Phi) is 0.167. The minimum Gasteiger partial charge on any atom is -0.0470 e. The van der Waals surface area contributed by atoms with Gasteiger partial charge in [-0.25, -0.2) is 0 Å². The van der Waals surface area contributed by atoms with Gasteiger partial charge in [0.05, 0.1) is 0 Å². The summed E-state index contributed by atoms with van der Waals surface area (Å²) in [5.74, 6) is -1.40. The van der Waals surface area contributed by atoms with E-state index in [4.69, 9.17) is 4.11 Å². The highest BCUT2D eigenvalue weighted by Gasteiger charge is 2.62. The lowest BCUT2D eigenvalue weighted by Crippen LogP contribution is -1.79. The van der Waals surface area contributed by atoms with Gasteiger partial charge in [-0.2, -0.15) is 0 Å². The molecule has 7 heavy (non-hydrogen) atoms. The van der Waals surface area contributed by atoms with Crippen LogP contribution in [0.5, 0.6) is 0 Å². The molecule has 0 aliphatic heterocycles. The molecule has 0 unspecified atom stereocenters. The van der Waals surface area contributed by atoms with Gasteiger partial charge in [0, 0.05) is 4.11 Å². The van der Waals surface area contributed by atoms with Crippen LogP contribution in [0.3, 0.4) is 0 Å². The van der Waals surface area contributed by atoms with Crippen molar-refractivity contribution in [1.29, 1.82) is 0 Å². The van der Waals surface area contributed by atoms with E-state index in [-0.39, 0.29) is 0 Å². The molecular formula is C7H10. The molecule has 0 aromatic carbocycles. The molecule has 4 rings (SSSR count). The average molecular weight is 97.2 g/mol. The Bertz CT molecular complexity index is 179. The first-order chi connectivity index (χ1) is 4.54. The Morgan fingerprint density at radius 2 is 1.43 bits per heavy atom. The predicted octanol–water partition coefficient (Wildman–Crippen LogP) is 1.66. The molecule has 38 valence electrons. The van der Waals surface area contributed by atoms with Crippen molar-refractivity contribution in [3.05, 3.63) is 0 Å². The number of hydrogen-bond donors (Lipinski definition) is 0. The minimum absolute atomic E-state index is 0.549. The molecule has 0 spiro atoms. The summed E-state index contributed by atoms with van der Waals surface area (Å²) in [7, 11) is 0. The zero-order valence-electron chi connectivity index (χ0n) is 7.20. The van der Waals surface area contributed by atoms with Gasteiger partial charge in [-0.15, -0.1) is 0 Å². The fourth-order valence-corrected chi connectivity index (χ4v) is 2.14. The predicted molar refractivity (Wildman–Crippen MR) is 27.8 cm³/mol. The van der Waals surface area contributed by atoms with Crippen molar-refractivity contribution in [2.24, 2.45) is 23.6 Å². The van der Waals surface area contributed by atoms with E-state index in [9.17, 15) is 0 Å². The van der Waals surface area contributed by atoms with Crippen LogP contribution >= 0.6 is 0 Å². The van der Waals surface area contributed by atoms with Crippen molar-refractivity contribution in [3.63, 3.8) is 0 Å². The Hall–Kier alpha value is 0. The molecule has 4 aliphatic carbocycles. The summed E-state index contributed by atoms with van der Waals surface area (Å²) >= 11 is 0. The standard InChI is InChI=1S/C7H10/c1-4-2-6-5(1)7(6)3-4/h4-7H,1-3H2/i5D,6D,7D. The van der Waals surface area contributed by atoms with E-state index in [2.05, 4.69) is 0 Å². The largest absolute Gasteiger partial charge is 0.0470 e. The maximum absolute atomic E-state index is 7.83. The highest BCUT2D eigenvalue weighted by Crippen LogP contribution is 2.70. The SMILES string of the molecule is [2H]C12CC3CC1([2H])C2([2H])C3. The molecule has 0 aromatic rings. The van der Waals surface area contributed by atoms with Gasteiger partial charge in [0.15, 0.2) is 0 Å². The Morgan fingerprint density at radius 1 is 1.00 bits per heavy atom. The molecule has 4 aliphatic rings. The molecule has 0 amide bonds. The molecular weight excluding hydrogens is 84.1 g/mol. The average Bonchev–Trinajstić information content (AvgIpc) is 2.13. The number of rotatable bonds is 0. The number of hydrogen-bond acceptors (Lipinski definition) is 0. The first-order valence-corrected chi connectivity index (χ1v) is 3.04.